The van der Waals surface area contributed by atoms with E-state index in [2.05, 4.69) is 15.6 Å². The van der Waals surface area contributed by atoms with Crippen LogP contribution >= 0.6 is 11.3 Å². The minimum absolute atomic E-state index is 0.244. The predicted octanol–water partition coefficient (Wildman–Crippen LogP) is 5.11. The third-order valence-electron chi connectivity index (χ3n) is 5.26. The van der Waals surface area contributed by atoms with Gasteiger partial charge in [-0.15, -0.1) is 11.3 Å². The number of thiazole rings is 1. The van der Waals surface area contributed by atoms with Crippen molar-refractivity contribution >= 4 is 28.8 Å². The minimum Gasteiger partial charge on any atom is -0.508 e. The van der Waals surface area contributed by atoms with Gasteiger partial charge in [-0.2, -0.15) is 0 Å². The molecule has 2 heterocycles. The number of hydrogen-bond donors (Lipinski definition) is 3. The minimum atomic E-state index is -0.288. The van der Waals surface area contributed by atoms with Gasteiger partial charge in [0, 0.05) is 22.2 Å². The zero-order chi connectivity index (χ0) is 22.9. The van der Waals surface area contributed by atoms with Crippen LogP contribution < -0.4 is 15.4 Å². The van der Waals surface area contributed by atoms with Crippen LogP contribution in [0.2, 0.25) is 0 Å². The van der Waals surface area contributed by atoms with Crippen molar-refractivity contribution in [1.82, 2.24) is 10.3 Å². The Balaban J connectivity index is 1.29. The van der Waals surface area contributed by atoms with E-state index < -0.39 is 0 Å². The Morgan fingerprint density at radius 3 is 2.82 bits per heavy atom. The molecule has 164 valence electrons. The van der Waals surface area contributed by atoms with Gasteiger partial charge in [0.05, 0.1) is 17.8 Å². The van der Waals surface area contributed by atoms with E-state index in [1.165, 1.54) is 11.3 Å². The average molecular weight is 458 g/mol. The second-order valence-electron chi connectivity index (χ2n) is 7.58. The summed E-state index contributed by atoms with van der Waals surface area (Å²) >= 11 is 1.47. The van der Waals surface area contributed by atoms with Gasteiger partial charge >= 0.3 is 0 Å². The van der Waals surface area contributed by atoms with Crippen molar-refractivity contribution in [1.29, 1.82) is 0 Å². The fraction of sp³-hybridized carbons (Fsp3) is 0.0800. The van der Waals surface area contributed by atoms with Gasteiger partial charge in [0.25, 0.3) is 11.8 Å². The Bertz CT molecular complexity index is 1400. The highest BCUT2D eigenvalue weighted by molar-refractivity contribution is 7.15. The molecular formula is C25H19N3O4S. The Hall–Kier alpha value is -4.17. The van der Waals surface area contributed by atoms with E-state index >= 15 is 0 Å². The van der Waals surface area contributed by atoms with Gasteiger partial charge < -0.3 is 20.5 Å². The summed E-state index contributed by atoms with van der Waals surface area (Å²) in [5.74, 6) is 0.624. The molecule has 5 rings (SSSR count). The van der Waals surface area contributed by atoms with Gasteiger partial charge in [-0.05, 0) is 61.0 Å². The maximum absolute atomic E-state index is 12.7. The smallest absolute Gasteiger partial charge is 0.259 e. The molecule has 0 saturated heterocycles. The predicted molar refractivity (Wildman–Crippen MR) is 126 cm³/mol. The standard InChI is InChI=1S/C25H19N3O4S/c1-14-10-16(6-8-20(14)29)25-27-13-17(33-25)12-26-23(30)15-7-9-22-19(11-15)28-24(31)18-4-2-3-5-21(18)32-22/h2-11,13,29H,12H2,1H3,(H,26,30)(H,28,31). The number of aromatic hydroxyl groups is 1. The summed E-state index contributed by atoms with van der Waals surface area (Å²) < 4.78 is 5.86. The van der Waals surface area contributed by atoms with Gasteiger partial charge in [0.1, 0.15) is 16.5 Å². The number of nitrogens with zero attached hydrogens (tertiary/aromatic N) is 1. The van der Waals surface area contributed by atoms with Crippen LogP contribution in [0.25, 0.3) is 10.6 Å². The quantitative estimate of drug-likeness (QED) is 0.395. The number of fused-ring (bicyclic) bond motifs is 2. The number of phenols is 1. The maximum atomic E-state index is 12.7. The molecule has 1 aliphatic heterocycles. The van der Waals surface area contributed by atoms with Crippen LogP contribution in [0.1, 0.15) is 31.2 Å². The second-order valence-corrected chi connectivity index (χ2v) is 8.69. The first-order valence-electron chi connectivity index (χ1n) is 10.2. The Labute approximate surface area is 193 Å². The summed E-state index contributed by atoms with van der Waals surface area (Å²) in [7, 11) is 0. The summed E-state index contributed by atoms with van der Waals surface area (Å²) in [5, 5.41) is 16.2. The van der Waals surface area contributed by atoms with Gasteiger partial charge in [-0.25, -0.2) is 4.98 Å². The zero-order valence-corrected chi connectivity index (χ0v) is 18.4. The molecule has 4 aromatic rings. The Morgan fingerprint density at radius 2 is 1.97 bits per heavy atom. The number of carbonyl (C=O) groups is 2. The second kappa shape index (κ2) is 8.40. The molecule has 3 N–H and O–H groups in total. The van der Waals surface area contributed by atoms with Crippen molar-refractivity contribution in [2.45, 2.75) is 13.5 Å². The lowest BCUT2D eigenvalue weighted by molar-refractivity contribution is 0.0950. The van der Waals surface area contributed by atoms with Crippen molar-refractivity contribution in [3.8, 4) is 27.8 Å². The normalized spacial score (nSPS) is 12.1. The molecule has 1 aromatic heterocycles. The molecule has 0 radical (unpaired) electrons. The first-order valence-corrected chi connectivity index (χ1v) is 11.0. The van der Waals surface area contributed by atoms with Crippen LogP contribution in [0.5, 0.6) is 17.2 Å². The highest BCUT2D eigenvalue weighted by atomic mass is 32.1. The molecule has 0 saturated carbocycles. The topological polar surface area (TPSA) is 101 Å². The molecule has 0 fully saturated rings. The van der Waals surface area contributed by atoms with Gasteiger partial charge in [0.2, 0.25) is 0 Å². The monoisotopic (exact) mass is 457 g/mol. The fourth-order valence-corrected chi connectivity index (χ4v) is 4.34. The van der Waals surface area contributed by atoms with E-state index in [4.69, 9.17) is 4.74 Å². The number of ether oxygens (including phenoxy) is 1. The molecule has 3 aromatic carbocycles. The number of carbonyl (C=O) groups excluding carboxylic acids is 2. The van der Waals surface area contributed by atoms with E-state index in [-0.39, 0.29) is 17.6 Å². The molecule has 8 heteroatoms. The molecule has 0 unspecified atom stereocenters. The largest absolute Gasteiger partial charge is 0.508 e. The SMILES string of the molecule is Cc1cc(-c2ncc(CNC(=O)c3ccc4c(c3)NC(=O)c3ccccc3O4)s2)ccc1O. The number of hydrogen-bond acceptors (Lipinski definition) is 6. The number of para-hydroxylation sites is 1. The Morgan fingerprint density at radius 1 is 1.12 bits per heavy atom. The number of aryl methyl sites for hydroxylation is 1. The lowest BCUT2D eigenvalue weighted by Gasteiger charge is -2.10. The van der Waals surface area contributed by atoms with Crippen molar-refractivity contribution in [2.75, 3.05) is 5.32 Å². The number of anilines is 1. The number of amides is 2. The van der Waals surface area contributed by atoms with Gasteiger partial charge in [0.15, 0.2) is 5.75 Å². The van der Waals surface area contributed by atoms with Crippen LogP contribution in [0.15, 0.2) is 66.9 Å². The van der Waals surface area contributed by atoms with E-state index in [1.54, 1.807) is 54.7 Å². The third-order valence-corrected chi connectivity index (χ3v) is 6.31. The van der Waals surface area contributed by atoms with Gasteiger partial charge in [-0.1, -0.05) is 12.1 Å². The fourth-order valence-electron chi connectivity index (χ4n) is 3.49. The molecule has 0 bridgehead atoms. The average Bonchev–Trinajstić information content (AvgIpc) is 3.24. The zero-order valence-electron chi connectivity index (χ0n) is 17.6. The van der Waals surface area contributed by atoms with Crippen molar-refractivity contribution < 1.29 is 19.4 Å². The summed E-state index contributed by atoms with van der Waals surface area (Å²) in [6.07, 6.45) is 1.73. The van der Waals surface area contributed by atoms with E-state index in [1.807, 2.05) is 19.1 Å². The molecule has 7 nitrogen and oxygen atoms in total. The lowest BCUT2D eigenvalue weighted by Crippen LogP contribution is -2.22. The van der Waals surface area contributed by atoms with Crippen LogP contribution in [-0.2, 0) is 6.54 Å². The van der Waals surface area contributed by atoms with Crippen molar-refractivity contribution in [2.24, 2.45) is 0 Å². The number of aromatic nitrogens is 1. The van der Waals surface area contributed by atoms with Crippen LogP contribution in [0.3, 0.4) is 0 Å². The lowest BCUT2D eigenvalue weighted by atomic mass is 10.1. The third kappa shape index (κ3) is 4.16. The summed E-state index contributed by atoms with van der Waals surface area (Å²) in [6.45, 7) is 2.15. The van der Waals surface area contributed by atoms with Crippen LogP contribution in [0, 0.1) is 6.92 Å². The molecule has 2 amide bonds. The number of benzene rings is 3. The highest BCUT2D eigenvalue weighted by Crippen LogP contribution is 2.36. The van der Waals surface area contributed by atoms with E-state index in [0.29, 0.717) is 34.9 Å². The summed E-state index contributed by atoms with van der Waals surface area (Å²) in [4.78, 5) is 30.6. The maximum Gasteiger partial charge on any atom is 0.259 e. The molecule has 1 aliphatic rings. The molecule has 33 heavy (non-hydrogen) atoms. The number of phenolic OH excluding ortho intramolecular Hbond substituents is 1. The van der Waals surface area contributed by atoms with Crippen molar-refractivity contribution in [3.05, 3.63) is 88.4 Å². The number of rotatable bonds is 4. The molecular weight excluding hydrogens is 438 g/mol. The Kier molecular flexibility index (Phi) is 5.27. The molecule has 0 spiro atoms. The molecule has 0 aliphatic carbocycles. The first-order chi connectivity index (χ1) is 16.0. The van der Waals surface area contributed by atoms with Crippen LogP contribution in [0.4, 0.5) is 5.69 Å². The van der Waals surface area contributed by atoms with Crippen molar-refractivity contribution in [3.63, 3.8) is 0 Å². The summed E-state index contributed by atoms with van der Waals surface area (Å²) in [6, 6.07) is 17.3. The highest BCUT2D eigenvalue weighted by Gasteiger charge is 2.21. The van der Waals surface area contributed by atoms with E-state index in [9.17, 15) is 14.7 Å². The van der Waals surface area contributed by atoms with Crippen LogP contribution in [-0.4, -0.2) is 21.9 Å². The molecule has 0 atom stereocenters. The van der Waals surface area contributed by atoms with E-state index in [0.717, 1.165) is 21.0 Å². The first kappa shape index (κ1) is 20.7. The van der Waals surface area contributed by atoms with Gasteiger partial charge in [-0.3, -0.25) is 9.59 Å². The summed E-state index contributed by atoms with van der Waals surface area (Å²) in [5.41, 5.74) is 2.97. The number of nitrogens with one attached hydrogen (secondary N) is 2.